The second-order valence-electron chi connectivity index (χ2n) is 12.8. The van der Waals surface area contributed by atoms with E-state index in [0.717, 1.165) is 13.0 Å². The zero-order valence-electron chi connectivity index (χ0n) is 32.5. The molecule has 282 valence electrons. The highest BCUT2D eigenvalue weighted by Crippen LogP contribution is 2.44. The summed E-state index contributed by atoms with van der Waals surface area (Å²) in [5, 5.41) is 1.37. The minimum atomic E-state index is -0.735. The number of anilines is 1. The van der Waals surface area contributed by atoms with E-state index in [0.29, 0.717) is 78.1 Å². The number of piperidine rings is 1. The topological polar surface area (TPSA) is 63.6 Å². The minimum absolute atomic E-state index is 0.0154. The fraction of sp³-hybridized carbons (Fsp3) is 0.465. The number of aromatic nitrogens is 3. The van der Waals surface area contributed by atoms with Gasteiger partial charge in [-0.25, -0.2) is 18.2 Å². The largest absolute Gasteiger partial charge is 0.462 e. The first-order valence-corrected chi connectivity index (χ1v) is 18.7. The molecule has 2 aromatic carbocycles. The summed E-state index contributed by atoms with van der Waals surface area (Å²) in [5.74, 6) is 7.85. The zero-order chi connectivity index (χ0) is 38.9. The van der Waals surface area contributed by atoms with Crippen LogP contribution >= 0.6 is 0 Å². The first-order chi connectivity index (χ1) is 25.8. The van der Waals surface area contributed by atoms with E-state index >= 15 is 4.39 Å². The molecule has 10 heteroatoms. The molecule has 4 aromatic rings. The van der Waals surface area contributed by atoms with Crippen molar-refractivity contribution in [2.75, 3.05) is 51.4 Å². The normalized spacial score (nSPS) is 21.3. The van der Waals surface area contributed by atoms with Crippen molar-refractivity contribution < 1.29 is 22.6 Å². The van der Waals surface area contributed by atoms with Crippen LogP contribution in [-0.4, -0.2) is 72.4 Å². The molecule has 0 amide bonds. The molecule has 0 bridgehead atoms. The highest BCUT2D eigenvalue weighted by Gasteiger charge is 2.45. The van der Waals surface area contributed by atoms with Gasteiger partial charge in [0.25, 0.3) is 0 Å². The monoisotopic (exact) mass is 727 g/mol. The number of benzene rings is 2. The third-order valence-corrected chi connectivity index (χ3v) is 9.56. The summed E-state index contributed by atoms with van der Waals surface area (Å²) in [6.45, 7) is 18.7. The maximum Gasteiger partial charge on any atom is 0.319 e. The zero-order valence-corrected chi connectivity index (χ0v) is 32.5. The third-order valence-electron chi connectivity index (χ3n) is 9.56. The van der Waals surface area contributed by atoms with Gasteiger partial charge in [0.15, 0.2) is 5.82 Å². The fourth-order valence-electron chi connectivity index (χ4n) is 7.04. The van der Waals surface area contributed by atoms with Gasteiger partial charge in [-0.1, -0.05) is 84.6 Å². The van der Waals surface area contributed by atoms with Gasteiger partial charge >= 0.3 is 6.01 Å². The van der Waals surface area contributed by atoms with E-state index in [2.05, 4.69) is 32.5 Å². The van der Waals surface area contributed by atoms with Gasteiger partial charge in [0.05, 0.1) is 30.5 Å². The summed E-state index contributed by atoms with van der Waals surface area (Å²) < 4.78 is 58.1. The smallest absolute Gasteiger partial charge is 0.319 e. The van der Waals surface area contributed by atoms with E-state index < -0.39 is 17.0 Å². The Morgan fingerprint density at radius 1 is 1.04 bits per heavy atom. The van der Waals surface area contributed by atoms with Crippen LogP contribution in [0.2, 0.25) is 0 Å². The highest BCUT2D eigenvalue weighted by atomic mass is 19.1. The average molecular weight is 728 g/mol. The van der Waals surface area contributed by atoms with Gasteiger partial charge in [-0.2, -0.15) is 9.97 Å². The molecule has 0 spiro atoms. The summed E-state index contributed by atoms with van der Waals surface area (Å²) >= 11 is 0. The van der Waals surface area contributed by atoms with Crippen molar-refractivity contribution in [3.8, 4) is 41.5 Å². The van der Waals surface area contributed by atoms with E-state index in [1.807, 2.05) is 55.5 Å². The van der Waals surface area contributed by atoms with Gasteiger partial charge < -0.3 is 19.3 Å². The van der Waals surface area contributed by atoms with Crippen molar-refractivity contribution in [1.82, 2.24) is 19.9 Å². The molecule has 7 rings (SSSR count). The first-order valence-electron chi connectivity index (χ1n) is 18.7. The lowest BCUT2D eigenvalue weighted by atomic mass is 9.78. The first kappa shape index (κ1) is 41.1. The molecule has 0 N–H and O–H groups in total. The van der Waals surface area contributed by atoms with E-state index in [-0.39, 0.29) is 41.1 Å². The number of hydrogen-bond acceptors (Lipinski definition) is 7. The van der Waals surface area contributed by atoms with Crippen LogP contribution in [0, 0.1) is 47.2 Å². The van der Waals surface area contributed by atoms with Crippen LogP contribution in [0.4, 0.5) is 19.0 Å². The van der Waals surface area contributed by atoms with E-state index in [4.69, 9.17) is 25.9 Å². The van der Waals surface area contributed by atoms with Crippen molar-refractivity contribution >= 4 is 27.5 Å². The summed E-state index contributed by atoms with van der Waals surface area (Å²) in [7, 11) is 1.98. The van der Waals surface area contributed by atoms with Gasteiger partial charge in [-0.05, 0) is 49.8 Å². The van der Waals surface area contributed by atoms with Gasteiger partial charge in [0.1, 0.15) is 35.1 Å². The molecule has 2 unspecified atom stereocenters. The molecular formula is C43H52F3N5O2. The number of rotatable bonds is 5. The number of nitrogens with zero attached hydrogens (tertiary/aromatic N) is 5. The molecule has 3 fully saturated rings. The molecule has 3 aliphatic rings. The molecule has 1 saturated carbocycles. The van der Waals surface area contributed by atoms with Crippen LogP contribution < -0.4 is 9.64 Å². The Hall–Kier alpha value is -4.64. The number of pyridine rings is 1. The number of ether oxygens (including phenoxy) is 2. The van der Waals surface area contributed by atoms with E-state index in [1.54, 1.807) is 31.2 Å². The number of likely N-dealkylation sites (tertiary alicyclic amines) is 1. The van der Waals surface area contributed by atoms with Gasteiger partial charge in [-0.15, -0.1) is 6.42 Å². The molecule has 53 heavy (non-hydrogen) atoms. The summed E-state index contributed by atoms with van der Waals surface area (Å²) in [6, 6.07) is 8.20. The highest BCUT2D eigenvalue weighted by molar-refractivity contribution is 6.03. The maximum atomic E-state index is 17.1. The molecule has 1 aliphatic carbocycles. The van der Waals surface area contributed by atoms with Gasteiger partial charge in [0, 0.05) is 48.0 Å². The standard InChI is InChI=1S/C37H34F3N5O2.3C2H6/c1-5-8-28-31-34(32(40)33(41-28)26-10-7-9-22-11-12-27(39)25(6-2)30(22)26)42-36(43-35(31)45-15-16-46-19-23-17-29(23)45)47-21-37(3)20-44(4)14-13-24(37)18-38;3*1-2/h2,7,9-12,18,23,29H,13-17,19-21H2,1,3-4H3;3*1-2H3/b24-18+;;;/t23?,29?,37-;;;/m0.../s1. The van der Waals surface area contributed by atoms with Crippen molar-refractivity contribution in [3.05, 3.63) is 65.1 Å². The van der Waals surface area contributed by atoms with Crippen LogP contribution in [0.5, 0.6) is 6.01 Å². The quantitative estimate of drug-likeness (QED) is 0.190. The fourth-order valence-corrected chi connectivity index (χ4v) is 7.04. The minimum Gasteiger partial charge on any atom is -0.462 e. The van der Waals surface area contributed by atoms with Gasteiger partial charge in [0.2, 0.25) is 0 Å². The number of fused-ring (bicyclic) bond motifs is 3. The van der Waals surface area contributed by atoms with Crippen LogP contribution in [-0.2, 0) is 4.74 Å². The molecular weight excluding hydrogens is 676 g/mol. The third kappa shape index (κ3) is 8.30. The van der Waals surface area contributed by atoms with Crippen LogP contribution in [0.3, 0.4) is 0 Å². The predicted octanol–water partition coefficient (Wildman–Crippen LogP) is 9.35. The number of terminal acetylenes is 1. The predicted molar refractivity (Wildman–Crippen MR) is 210 cm³/mol. The Labute approximate surface area is 313 Å². The van der Waals surface area contributed by atoms with Crippen molar-refractivity contribution in [2.24, 2.45) is 11.3 Å². The van der Waals surface area contributed by atoms with Crippen molar-refractivity contribution in [2.45, 2.75) is 74.3 Å². The Morgan fingerprint density at radius 3 is 2.49 bits per heavy atom. The van der Waals surface area contributed by atoms with E-state index in [9.17, 15) is 8.78 Å². The lowest BCUT2D eigenvalue weighted by molar-refractivity contribution is 0.109. The molecule has 4 heterocycles. The average Bonchev–Trinajstić information content (AvgIpc) is 3.98. The molecule has 3 atom stereocenters. The second-order valence-corrected chi connectivity index (χ2v) is 12.8. The Kier molecular flexibility index (Phi) is 14.3. The van der Waals surface area contributed by atoms with Gasteiger partial charge in [-0.3, -0.25) is 0 Å². The lowest BCUT2D eigenvalue weighted by Gasteiger charge is -2.40. The maximum absolute atomic E-state index is 17.1. The van der Waals surface area contributed by atoms with Crippen molar-refractivity contribution in [3.63, 3.8) is 0 Å². The molecule has 2 saturated heterocycles. The van der Waals surface area contributed by atoms with Crippen molar-refractivity contribution in [1.29, 1.82) is 0 Å². The van der Waals surface area contributed by atoms with Crippen LogP contribution in [0.15, 0.2) is 42.2 Å². The number of hydrogen-bond donors (Lipinski definition) is 0. The SMILES string of the molecule is C#Cc1c(F)ccc2cccc(-c3nc(C#CC)c4c(N5CCOCC6CC65)nc(OC[C@]5(C)CN(C)CC/C5=C\F)nc4c3F)c12.CC.CC.CC. The Balaban J connectivity index is 0.000000996. The van der Waals surface area contributed by atoms with Crippen LogP contribution in [0.1, 0.15) is 79.5 Å². The molecule has 0 radical (unpaired) electrons. The van der Waals surface area contributed by atoms with E-state index in [1.165, 1.54) is 6.07 Å². The lowest BCUT2D eigenvalue weighted by Crippen LogP contribution is -2.44. The molecule has 2 aliphatic heterocycles. The summed E-state index contributed by atoms with van der Waals surface area (Å²) in [5.41, 5.74) is 0.523. The summed E-state index contributed by atoms with van der Waals surface area (Å²) in [4.78, 5) is 18.5. The molecule has 7 nitrogen and oxygen atoms in total. The molecule has 2 aromatic heterocycles. The van der Waals surface area contributed by atoms with Crippen LogP contribution in [0.25, 0.3) is 32.9 Å². The number of halogens is 3. The summed E-state index contributed by atoms with van der Waals surface area (Å²) in [6.07, 6.45) is 7.89. The Bertz CT molecular complexity index is 2050. The second kappa shape index (κ2) is 18.4. The Morgan fingerprint density at radius 2 is 1.79 bits per heavy atom.